The zero-order valence-electron chi connectivity index (χ0n) is 11.4. The Balaban J connectivity index is 2.01. The van der Waals surface area contributed by atoms with Crippen LogP contribution in [-0.4, -0.2) is 11.3 Å². The van der Waals surface area contributed by atoms with Gasteiger partial charge in [-0.15, -0.1) is 11.3 Å². The van der Waals surface area contributed by atoms with Crippen LogP contribution in [0.3, 0.4) is 0 Å². The number of halogens is 3. The summed E-state index contributed by atoms with van der Waals surface area (Å²) < 4.78 is 38.5. The normalized spacial score (nSPS) is 11.6. The summed E-state index contributed by atoms with van der Waals surface area (Å²) in [5.74, 6) is 0. The van der Waals surface area contributed by atoms with Gasteiger partial charge in [0.05, 0.1) is 17.5 Å². The molecule has 0 saturated carbocycles. The number of hydrogen-bond acceptors (Lipinski definition) is 3. The standard InChI is InChI=1S/C14H12F3N3S2/c1-9-6-7-22-12(9)8-18-20-13(21)19-11-5-3-2-4-10(11)14(15,16)17/h2-8H,1H3,(H2,19,20,21)/b18-8-. The van der Waals surface area contributed by atoms with E-state index in [4.69, 9.17) is 12.2 Å². The lowest BCUT2D eigenvalue weighted by Crippen LogP contribution is -2.25. The molecule has 0 aliphatic carbocycles. The molecule has 116 valence electrons. The van der Waals surface area contributed by atoms with Crippen LogP contribution in [0, 0.1) is 6.92 Å². The molecule has 0 atom stereocenters. The summed E-state index contributed by atoms with van der Waals surface area (Å²) in [5, 5.41) is 8.33. The summed E-state index contributed by atoms with van der Waals surface area (Å²) in [7, 11) is 0. The molecule has 2 N–H and O–H groups in total. The lowest BCUT2D eigenvalue weighted by molar-refractivity contribution is -0.136. The molecule has 0 aliphatic rings. The highest BCUT2D eigenvalue weighted by Gasteiger charge is 2.33. The summed E-state index contributed by atoms with van der Waals surface area (Å²) in [5.41, 5.74) is 2.67. The van der Waals surface area contributed by atoms with Crippen LogP contribution >= 0.6 is 23.6 Å². The van der Waals surface area contributed by atoms with E-state index in [1.54, 1.807) is 6.21 Å². The van der Waals surface area contributed by atoms with Crippen molar-refractivity contribution >= 4 is 40.6 Å². The third-order valence-electron chi connectivity index (χ3n) is 2.73. The maximum atomic E-state index is 12.8. The van der Waals surface area contributed by atoms with Gasteiger partial charge in [-0.2, -0.15) is 18.3 Å². The number of anilines is 1. The predicted octanol–water partition coefficient (Wildman–Crippen LogP) is 4.40. The minimum Gasteiger partial charge on any atom is -0.331 e. The molecule has 0 saturated heterocycles. The number of para-hydroxylation sites is 1. The number of benzene rings is 1. The number of nitrogens with zero attached hydrogens (tertiary/aromatic N) is 1. The largest absolute Gasteiger partial charge is 0.418 e. The van der Waals surface area contributed by atoms with E-state index in [0.29, 0.717) is 0 Å². The molecule has 2 rings (SSSR count). The first-order valence-electron chi connectivity index (χ1n) is 6.18. The van der Waals surface area contributed by atoms with Gasteiger partial charge in [0, 0.05) is 4.88 Å². The van der Waals surface area contributed by atoms with Gasteiger partial charge >= 0.3 is 6.18 Å². The Bertz CT molecular complexity index is 693. The van der Waals surface area contributed by atoms with Gasteiger partial charge in [-0.3, -0.25) is 5.43 Å². The Kier molecular flexibility index (Phi) is 5.15. The van der Waals surface area contributed by atoms with E-state index < -0.39 is 11.7 Å². The Hall–Kier alpha value is -1.93. The van der Waals surface area contributed by atoms with Gasteiger partial charge in [-0.25, -0.2) is 0 Å². The average Bonchev–Trinajstić information content (AvgIpc) is 2.84. The van der Waals surface area contributed by atoms with E-state index in [1.807, 2.05) is 18.4 Å². The number of thiocarbonyl (C=S) groups is 1. The topological polar surface area (TPSA) is 36.4 Å². The van der Waals surface area contributed by atoms with Crippen LogP contribution in [0.25, 0.3) is 0 Å². The van der Waals surface area contributed by atoms with Gasteiger partial charge in [0.25, 0.3) is 0 Å². The SMILES string of the molecule is Cc1ccsc1/C=N\NC(=S)Nc1ccccc1C(F)(F)F. The van der Waals surface area contributed by atoms with Crippen molar-refractivity contribution in [2.24, 2.45) is 5.10 Å². The predicted molar refractivity (Wildman–Crippen MR) is 87.5 cm³/mol. The molecule has 0 aliphatic heterocycles. The van der Waals surface area contributed by atoms with E-state index in [-0.39, 0.29) is 10.8 Å². The maximum absolute atomic E-state index is 12.8. The van der Waals surface area contributed by atoms with Crippen LogP contribution in [0.5, 0.6) is 0 Å². The Morgan fingerprint density at radius 3 is 2.64 bits per heavy atom. The van der Waals surface area contributed by atoms with E-state index in [2.05, 4.69) is 15.8 Å². The van der Waals surface area contributed by atoms with E-state index in [1.165, 1.54) is 29.5 Å². The van der Waals surface area contributed by atoms with Crippen LogP contribution in [0.4, 0.5) is 18.9 Å². The van der Waals surface area contributed by atoms with Crippen molar-refractivity contribution in [2.45, 2.75) is 13.1 Å². The molecule has 0 bridgehead atoms. The summed E-state index contributed by atoms with van der Waals surface area (Å²) in [6.07, 6.45) is -2.87. The zero-order valence-corrected chi connectivity index (χ0v) is 13.1. The number of alkyl halides is 3. The van der Waals surface area contributed by atoms with Crippen molar-refractivity contribution in [1.29, 1.82) is 0 Å². The average molecular weight is 343 g/mol. The van der Waals surface area contributed by atoms with E-state index in [9.17, 15) is 13.2 Å². The van der Waals surface area contributed by atoms with E-state index >= 15 is 0 Å². The van der Waals surface area contributed by atoms with Gasteiger partial charge < -0.3 is 5.32 Å². The molecule has 0 fully saturated rings. The van der Waals surface area contributed by atoms with Gasteiger partial charge in [0.15, 0.2) is 5.11 Å². The lowest BCUT2D eigenvalue weighted by atomic mass is 10.2. The minimum absolute atomic E-state index is 0.0119. The fourth-order valence-corrected chi connectivity index (χ4v) is 2.60. The highest BCUT2D eigenvalue weighted by Crippen LogP contribution is 2.34. The number of hydrogen-bond donors (Lipinski definition) is 2. The first-order valence-corrected chi connectivity index (χ1v) is 7.47. The first-order chi connectivity index (χ1) is 10.4. The van der Waals surface area contributed by atoms with Crippen LogP contribution in [0.2, 0.25) is 0 Å². The molecule has 1 heterocycles. The van der Waals surface area contributed by atoms with Gasteiger partial charge in [-0.1, -0.05) is 12.1 Å². The monoisotopic (exact) mass is 343 g/mol. The number of rotatable bonds is 3. The van der Waals surface area contributed by atoms with Crippen molar-refractivity contribution < 1.29 is 13.2 Å². The van der Waals surface area contributed by atoms with Crippen molar-refractivity contribution in [3.8, 4) is 0 Å². The minimum atomic E-state index is -4.45. The Morgan fingerprint density at radius 2 is 2.00 bits per heavy atom. The second-order valence-electron chi connectivity index (χ2n) is 4.34. The molecule has 1 aromatic carbocycles. The molecular formula is C14H12F3N3S2. The zero-order chi connectivity index (χ0) is 16.2. The number of thiophene rings is 1. The summed E-state index contributed by atoms with van der Waals surface area (Å²) in [4.78, 5) is 0.950. The van der Waals surface area contributed by atoms with Crippen LogP contribution in [-0.2, 0) is 6.18 Å². The highest BCUT2D eigenvalue weighted by molar-refractivity contribution is 7.80. The van der Waals surface area contributed by atoms with Crippen LogP contribution < -0.4 is 10.7 Å². The number of nitrogens with one attached hydrogen (secondary N) is 2. The molecule has 0 spiro atoms. The van der Waals surface area contributed by atoms with Crippen molar-refractivity contribution in [3.05, 3.63) is 51.7 Å². The van der Waals surface area contributed by atoms with Gasteiger partial charge in [0.1, 0.15) is 0 Å². The molecule has 2 aromatic rings. The molecule has 1 aromatic heterocycles. The van der Waals surface area contributed by atoms with Gasteiger partial charge in [-0.05, 0) is 48.3 Å². The van der Waals surface area contributed by atoms with Crippen LogP contribution in [0.15, 0.2) is 40.8 Å². The quantitative estimate of drug-likeness (QED) is 0.493. The Morgan fingerprint density at radius 1 is 1.27 bits per heavy atom. The second-order valence-corrected chi connectivity index (χ2v) is 5.69. The molecular weight excluding hydrogens is 331 g/mol. The lowest BCUT2D eigenvalue weighted by Gasteiger charge is -2.14. The molecule has 0 amide bonds. The summed E-state index contributed by atoms with van der Waals surface area (Å²) >= 11 is 6.46. The highest BCUT2D eigenvalue weighted by atomic mass is 32.1. The van der Waals surface area contributed by atoms with Crippen molar-refractivity contribution in [3.63, 3.8) is 0 Å². The van der Waals surface area contributed by atoms with Crippen molar-refractivity contribution in [2.75, 3.05) is 5.32 Å². The molecule has 3 nitrogen and oxygen atoms in total. The van der Waals surface area contributed by atoms with E-state index in [0.717, 1.165) is 16.5 Å². The molecule has 0 unspecified atom stereocenters. The first kappa shape index (κ1) is 16.4. The van der Waals surface area contributed by atoms with Crippen LogP contribution in [0.1, 0.15) is 16.0 Å². The van der Waals surface area contributed by atoms with Gasteiger partial charge in [0.2, 0.25) is 0 Å². The number of aryl methyl sites for hydroxylation is 1. The smallest absolute Gasteiger partial charge is 0.331 e. The summed E-state index contributed by atoms with van der Waals surface area (Å²) in [6.45, 7) is 1.94. The fourth-order valence-electron chi connectivity index (χ4n) is 1.66. The van der Waals surface area contributed by atoms with Crippen molar-refractivity contribution in [1.82, 2.24) is 5.43 Å². The third kappa shape index (κ3) is 4.28. The molecule has 22 heavy (non-hydrogen) atoms. The summed E-state index contributed by atoms with van der Waals surface area (Å²) in [6, 6.07) is 7.07. The fraction of sp³-hybridized carbons (Fsp3) is 0.143. The Labute approximate surface area is 134 Å². The number of hydrazone groups is 1. The maximum Gasteiger partial charge on any atom is 0.418 e. The second kappa shape index (κ2) is 6.89. The molecule has 0 radical (unpaired) electrons. The molecule has 8 heteroatoms. The third-order valence-corrected chi connectivity index (χ3v) is 3.88.